The standard InChI is InChI=1S/C27H31N7O2/c1-17-5-6-22(14-29-17)31-27-30-13-21-15-33(16-25(21)32-27)23-8-10-34(18(2)11-23)19(3)20-7-9-28-24(12-20)26(35)36-4/h5-7,9,12-14,18,23H,3,8,10-11,15-16H2,1-2,4H3,(H,30,31,32)/t18-,23-/m1/s1. The molecule has 5 rings (SSSR count). The number of hydrogen-bond donors (Lipinski definition) is 1. The average Bonchev–Trinajstić information content (AvgIpc) is 3.33. The van der Waals surface area contributed by atoms with Crippen LogP contribution in [0.5, 0.6) is 0 Å². The van der Waals surface area contributed by atoms with Gasteiger partial charge in [-0.05, 0) is 51.0 Å². The number of fused-ring (bicyclic) bond motifs is 1. The second-order valence-electron chi connectivity index (χ2n) is 9.47. The molecule has 1 fully saturated rings. The van der Waals surface area contributed by atoms with Gasteiger partial charge in [0.25, 0.3) is 0 Å². The highest BCUT2D eigenvalue weighted by Crippen LogP contribution is 2.33. The highest BCUT2D eigenvalue weighted by atomic mass is 16.5. The number of likely N-dealkylation sites (tertiary alicyclic amines) is 1. The third-order valence-corrected chi connectivity index (χ3v) is 7.05. The van der Waals surface area contributed by atoms with Crippen LogP contribution in [0.25, 0.3) is 5.70 Å². The summed E-state index contributed by atoms with van der Waals surface area (Å²) < 4.78 is 4.81. The van der Waals surface area contributed by atoms with Crippen LogP contribution in [0.15, 0.2) is 49.4 Å². The number of carbonyl (C=O) groups excluding carboxylic acids is 1. The second-order valence-corrected chi connectivity index (χ2v) is 9.47. The van der Waals surface area contributed by atoms with Crippen molar-refractivity contribution in [2.45, 2.75) is 51.9 Å². The molecule has 186 valence electrons. The van der Waals surface area contributed by atoms with Crippen LogP contribution in [0.4, 0.5) is 11.6 Å². The molecule has 3 aromatic heterocycles. The summed E-state index contributed by atoms with van der Waals surface area (Å²) in [7, 11) is 1.36. The fourth-order valence-corrected chi connectivity index (χ4v) is 5.04. The Morgan fingerprint density at radius 1 is 1.17 bits per heavy atom. The smallest absolute Gasteiger partial charge is 0.356 e. The first kappa shape index (κ1) is 23.9. The molecular weight excluding hydrogens is 454 g/mol. The number of hydrogen-bond acceptors (Lipinski definition) is 9. The van der Waals surface area contributed by atoms with E-state index in [1.807, 2.05) is 31.3 Å². The maximum atomic E-state index is 11.9. The molecule has 0 aromatic carbocycles. The number of aromatic nitrogens is 4. The first-order valence-corrected chi connectivity index (χ1v) is 12.2. The maximum Gasteiger partial charge on any atom is 0.356 e. The number of nitrogens with one attached hydrogen (secondary N) is 1. The van der Waals surface area contributed by atoms with Crippen molar-refractivity contribution in [1.29, 1.82) is 0 Å². The molecule has 0 radical (unpaired) electrons. The van der Waals surface area contributed by atoms with Gasteiger partial charge in [-0.3, -0.25) is 9.88 Å². The topological polar surface area (TPSA) is 96.4 Å². The number of esters is 1. The van der Waals surface area contributed by atoms with Gasteiger partial charge in [-0.1, -0.05) is 6.58 Å². The van der Waals surface area contributed by atoms with Gasteiger partial charge in [0, 0.05) is 66.6 Å². The Hall–Kier alpha value is -3.85. The van der Waals surface area contributed by atoms with Gasteiger partial charge in [0.15, 0.2) is 0 Å². The molecule has 9 heteroatoms. The van der Waals surface area contributed by atoms with E-state index in [1.165, 1.54) is 12.7 Å². The van der Waals surface area contributed by atoms with Crippen LogP contribution < -0.4 is 5.32 Å². The van der Waals surface area contributed by atoms with Crippen LogP contribution in [0.3, 0.4) is 0 Å². The van der Waals surface area contributed by atoms with E-state index in [0.29, 0.717) is 23.7 Å². The van der Waals surface area contributed by atoms with Crippen molar-refractivity contribution < 1.29 is 9.53 Å². The summed E-state index contributed by atoms with van der Waals surface area (Å²) >= 11 is 0. The molecule has 1 N–H and O–H groups in total. The Morgan fingerprint density at radius 3 is 2.78 bits per heavy atom. The molecule has 0 unspecified atom stereocenters. The van der Waals surface area contributed by atoms with E-state index in [2.05, 4.69) is 43.6 Å². The van der Waals surface area contributed by atoms with Gasteiger partial charge < -0.3 is 15.0 Å². The molecule has 2 aliphatic rings. The lowest BCUT2D eigenvalue weighted by molar-refractivity contribution is 0.0594. The minimum absolute atomic E-state index is 0.294. The van der Waals surface area contributed by atoms with Gasteiger partial charge in [-0.25, -0.2) is 19.7 Å². The van der Waals surface area contributed by atoms with Crippen LogP contribution in [0.1, 0.15) is 52.8 Å². The number of nitrogens with zero attached hydrogens (tertiary/aromatic N) is 6. The number of aryl methyl sites for hydroxylation is 1. The largest absolute Gasteiger partial charge is 0.464 e. The molecule has 2 atom stereocenters. The molecule has 9 nitrogen and oxygen atoms in total. The van der Waals surface area contributed by atoms with Crippen LogP contribution in [0.2, 0.25) is 0 Å². The van der Waals surface area contributed by atoms with Crippen molar-refractivity contribution in [3.63, 3.8) is 0 Å². The first-order valence-electron chi connectivity index (χ1n) is 12.2. The normalized spacial score (nSPS) is 19.6. The molecule has 0 spiro atoms. The number of ether oxygens (including phenoxy) is 1. The molecule has 0 amide bonds. The van der Waals surface area contributed by atoms with Gasteiger partial charge in [-0.15, -0.1) is 0 Å². The molecule has 0 saturated carbocycles. The van der Waals surface area contributed by atoms with Crippen molar-refractivity contribution in [1.82, 2.24) is 29.7 Å². The van der Waals surface area contributed by atoms with Crippen LogP contribution >= 0.6 is 0 Å². The van der Waals surface area contributed by atoms with Gasteiger partial charge in [0.05, 0.1) is 24.7 Å². The average molecular weight is 486 g/mol. The zero-order valence-corrected chi connectivity index (χ0v) is 20.9. The Bertz CT molecular complexity index is 1280. The molecule has 2 aliphatic heterocycles. The predicted molar refractivity (Wildman–Crippen MR) is 137 cm³/mol. The third kappa shape index (κ3) is 4.92. The lowest BCUT2D eigenvalue weighted by Gasteiger charge is -2.43. The Labute approximate surface area is 211 Å². The van der Waals surface area contributed by atoms with Crippen LogP contribution in [-0.4, -0.2) is 61.4 Å². The highest BCUT2D eigenvalue weighted by Gasteiger charge is 2.33. The van der Waals surface area contributed by atoms with Crippen molar-refractivity contribution in [3.05, 3.63) is 77.6 Å². The van der Waals surface area contributed by atoms with E-state index in [9.17, 15) is 4.79 Å². The predicted octanol–water partition coefficient (Wildman–Crippen LogP) is 3.94. The number of carbonyl (C=O) groups is 1. The summed E-state index contributed by atoms with van der Waals surface area (Å²) in [6.07, 6.45) is 7.42. The minimum atomic E-state index is -0.443. The third-order valence-electron chi connectivity index (χ3n) is 7.05. The van der Waals surface area contributed by atoms with E-state index in [1.54, 1.807) is 18.5 Å². The Kier molecular flexibility index (Phi) is 6.65. The number of piperidine rings is 1. The highest BCUT2D eigenvalue weighted by molar-refractivity contribution is 5.88. The summed E-state index contributed by atoms with van der Waals surface area (Å²) in [6.45, 7) is 11.1. The van der Waals surface area contributed by atoms with Crippen molar-refractivity contribution in [2.75, 3.05) is 19.0 Å². The van der Waals surface area contributed by atoms with E-state index in [-0.39, 0.29) is 0 Å². The van der Waals surface area contributed by atoms with Crippen molar-refractivity contribution in [3.8, 4) is 0 Å². The molecule has 3 aromatic rings. The molecule has 5 heterocycles. The molecule has 0 aliphatic carbocycles. The van der Waals surface area contributed by atoms with Gasteiger partial charge in [0.2, 0.25) is 5.95 Å². The van der Waals surface area contributed by atoms with E-state index >= 15 is 0 Å². The Morgan fingerprint density at radius 2 is 2.03 bits per heavy atom. The zero-order chi connectivity index (χ0) is 25.2. The SMILES string of the molecule is C=C(c1ccnc(C(=O)OC)c1)N1CC[C@@H](N2Cc3cnc(Nc4ccc(C)nc4)nc3C2)C[C@H]1C. The van der Waals surface area contributed by atoms with Crippen molar-refractivity contribution in [2.24, 2.45) is 0 Å². The summed E-state index contributed by atoms with van der Waals surface area (Å²) in [5.41, 5.74) is 6.22. The summed E-state index contributed by atoms with van der Waals surface area (Å²) in [5.74, 6) is 0.159. The van der Waals surface area contributed by atoms with Gasteiger partial charge in [-0.2, -0.15) is 0 Å². The number of anilines is 2. The number of methoxy groups -OCH3 is 1. The monoisotopic (exact) mass is 485 g/mol. The quantitative estimate of drug-likeness (QED) is 0.521. The Balaban J connectivity index is 1.21. The lowest BCUT2D eigenvalue weighted by atomic mass is 9.95. The molecule has 0 bridgehead atoms. The first-order chi connectivity index (χ1) is 17.4. The summed E-state index contributed by atoms with van der Waals surface area (Å²) in [4.78, 5) is 34.5. The van der Waals surface area contributed by atoms with E-state index in [4.69, 9.17) is 9.72 Å². The maximum absolute atomic E-state index is 11.9. The number of rotatable bonds is 6. The number of pyridine rings is 2. The van der Waals surface area contributed by atoms with E-state index < -0.39 is 5.97 Å². The van der Waals surface area contributed by atoms with E-state index in [0.717, 1.165) is 60.8 Å². The van der Waals surface area contributed by atoms with Gasteiger partial charge in [0.1, 0.15) is 5.69 Å². The van der Waals surface area contributed by atoms with Crippen LogP contribution in [0, 0.1) is 6.92 Å². The lowest BCUT2D eigenvalue weighted by Crippen LogP contribution is -2.46. The second kappa shape index (κ2) is 10.0. The minimum Gasteiger partial charge on any atom is -0.464 e. The fourth-order valence-electron chi connectivity index (χ4n) is 5.04. The summed E-state index contributed by atoms with van der Waals surface area (Å²) in [6, 6.07) is 8.36. The molecular formula is C27H31N7O2. The van der Waals surface area contributed by atoms with Gasteiger partial charge >= 0.3 is 5.97 Å². The fraction of sp³-hybridized carbons (Fsp3) is 0.370. The summed E-state index contributed by atoms with van der Waals surface area (Å²) in [5, 5.41) is 3.26. The van der Waals surface area contributed by atoms with Crippen molar-refractivity contribution >= 4 is 23.3 Å². The molecule has 36 heavy (non-hydrogen) atoms. The molecule has 1 saturated heterocycles. The zero-order valence-electron chi connectivity index (χ0n) is 20.9. The van der Waals surface area contributed by atoms with Crippen LogP contribution in [-0.2, 0) is 17.8 Å².